The highest BCUT2D eigenvalue weighted by molar-refractivity contribution is 7.92. The predicted octanol–water partition coefficient (Wildman–Crippen LogP) is 4.33. The summed E-state index contributed by atoms with van der Waals surface area (Å²) >= 11 is 0. The summed E-state index contributed by atoms with van der Waals surface area (Å²) in [5.41, 5.74) is 3.04. The van der Waals surface area contributed by atoms with Gasteiger partial charge in [-0.1, -0.05) is 62.1 Å². The maximum Gasteiger partial charge on any atom is 0.244 e. The molecule has 38 heavy (non-hydrogen) atoms. The van der Waals surface area contributed by atoms with Gasteiger partial charge in [-0.05, 0) is 56.4 Å². The Bertz CT molecular complexity index is 1220. The van der Waals surface area contributed by atoms with Crippen LogP contribution in [0.4, 0.5) is 5.69 Å². The summed E-state index contributed by atoms with van der Waals surface area (Å²) in [6, 6.07) is 12.3. The third-order valence-corrected chi connectivity index (χ3v) is 8.18. The van der Waals surface area contributed by atoms with E-state index in [0.717, 1.165) is 52.9 Å². The summed E-state index contributed by atoms with van der Waals surface area (Å²) in [6.45, 7) is 5.44. The van der Waals surface area contributed by atoms with Crippen molar-refractivity contribution < 1.29 is 22.7 Å². The van der Waals surface area contributed by atoms with E-state index in [1.54, 1.807) is 12.1 Å². The Morgan fingerprint density at radius 2 is 1.74 bits per heavy atom. The lowest BCUT2D eigenvalue weighted by Gasteiger charge is -2.34. The van der Waals surface area contributed by atoms with E-state index in [4.69, 9.17) is 4.74 Å². The normalized spacial score (nSPS) is 15.0. The lowest BCUT2D eigenvalue weighted by Crippen LogP contribution is -2.54. The van der Waals surface area contributed by atoms with Gasteiger partial charge in [-0.2, -0.15) is 0 Å². The molecule has 3 rings (SSSR count). The number of carbonyl (C=O) groups is 2. The topological polar surface area (TPSA) is 96.0 Å². The molecule has 1 atom stereocenters. The molecular weight excluding hydrogens is 502 g/mol. The predicted molar refractivity (Wildman–Crippen MR) is 151 cm³/mol. The Balaban J connectivity index is 1.96. The van der Waals surface area contributed by atoms with E-state index in [1.165, 1.54) is 18.4 Å². The van der Waals surface area contributed by atoms with Crippen molar-refractivity contribution in [1.82, 2.24) is 10.2 Å². The molecule has 2 amide bonds. The van der Waals surface area contributed by atoms with Crippen LogP contribution in [-0.4, -0.2) is 57.1 Å². The number of benzene rings is 2. The van der Waals surface area contributed by atoms with Crippen LogP contribution in [0.2, 0.25) is 0 Å². The molecule has 0 spiro atoms. The van der Waals surface area contributed by atoms with Crippen molar-refractivity contribution in [3.05, 3.63) is 59.2 Å². The Labute approximate surface area is 227 Å². The van der Waals surface area contributed by atoms with Crippen LogP contribution in [0.5, 0.6) is 5.75 Å². The van der Waals surface area contributed by atoms with Crippen LogP contribution in [0.15, 0.2) is 42.5 Å². The van der Waals surface area contributed by atoms with Gasteiger partial charge in [-0.15, -0.1) is 0 Å². The zero-order chi connectivity index (χ0) is 27.9. The number of amides is 2. The first kappa shape index (κ1) is 29.5. The Morgan fingerprint density at radius 1 is 1.05 bits per heavy atom. The van der Waals surface area contributed by atoms with E-state index in [9.17, 15) is 18.0 Å². The second kappa shape index (κ2) is 13.1. The first-order chi connectivity index (χ1) is 18.0. The fourth-order valence-corrected chi connectivity index (χ4v) is 5.91. The van der Waals surface area contributed by atoms with Gasteiger partial charge in [-0.3, -0.25) is 13.9 Å². The zero-order valence-corrected chi connectivity index (χ0v) is 24.0. The van der Waals surface area contributed by atoms with Crippen LogP contribution in [0, 0.1) is 13.8 Å². The van der Waals surface area contributed by atoms with Gasteiger partial charge in [-0.25, -0.2) is 8.42 Å². The molecule has 1 saturated carbocycles. The number of nitrogens with zero attached hydrogens (tertiary/aromatic N) is 2. The summed E-state index contributed by atoms with van der Waals surface area (Å²) in [5, 5.41) is 3.16. The minimum atomic E-state index is -3.85. The molecule has 0 aromatic heterocycles. The number of ether oxygens (including phenoxy) is 1. The number of hydrogen-bond acceptors (Lipinski definition) is 5. The van der Waals surface area contributed by atoms with Crippen molar-refractivity contribution in [2.75, 3.05) is 24.2 Å². The fraction of sp³-hybridized carbons (Fsp3) is 0.517. The van der Waals surface area contributed by atoms with Crippen molar-refractivity contribution in [1.29, 1.82) is 0 Å². The fourth-order valence-electron chi connectivity index (χ4n) is 5.06. The molecule has 0 radical (unpaired) electrons. The molecule has 0 heterocycles. The van der Waals surface area contributed by atoms with Crippen LogP contribution in [-0.2, 0) is 26.2 Å². The highest BCUT2D eigenvalue weighted by Gasteiger charge is 2.33. The van der Waals surface area contributed by atoms with Gasteiger partial charge >= 0.3 is 0 Å². The van der Waals surface area contributed by atoms with Crippen molar-refractivity contribution in [2.45, 2.75) is 77.9 Å². The van der Waals surface area contributed by atoms with Crippen LogP contribution in [0.1, 0.15) is 62.1 Å². The Hall–Kier alpha value is -3.07. The van der Waals surface area contributed by atoms with Gasteiger partial charge in [0.05, 0.1) is 19.1 Å². The zero-order valence-electron chi connectivity index (χ0n) is 23.2. The molecule has 1 aliphatic carbocycles. The van der Waals surface area contributed by atoms with Crippen molar-refractivity contribution in [2.24, 2.45) is 0 Å². The monoisotopic (exact) mass is 543 g/mol. The quantitative estimate of drug-likeness (QED) is 0.455. The Morgan fingerprint density at radius 3 is 2.34 bits per heavy atom. The number of methoxy groups -OCH3 is 1. The first-order valence-electron chi connectivity index (χ1n) is 13.3. The standard InChI is InChI=1S/C29H41N3O5S/c1-6-25(29(34)30-24-13-8-7-9-14-24)31(19-23-12-10-11-21(2)17-23)28(33)20-32(38(5,35)36)26-18-22(3)15-16-27(26)37-4/h10-12,15-18,24-25H,6-9,13-14,19-20H2,1-5H3,(H,30,34). The average Bonchev–Trinajstić information content (AvgIpc) is 2.87. The van der Waals surface area contributed by atoms with Gasteiger partial charge in [0.15, 0.2) is 0 Å². The number of carbonyl (C=O) groups excluding carboxylic acids is 2. The van der Waals surface area contributed by atoms with Crippen LogP contribution >= 0.6 is 0 Å². The minimum Gasteiger partial charge on any atom is -0.495 e. The van der Waals surface area contributed by atoms with E-state index in [1.807, 2.05) is 51.1 Å². The molecule has 208 valence electrons. The van der Waals surface area contributed by atoms with Crippen LogP contribution in [0.3, 0.4) is 0 Å². The van der Waals surface area contributed by atoms with E-state index in [-0.39, 0.29) is 18.5 Å². The molecule has 0 bridgehead atoms. The van der Waals surface area contributed by atoms with Crippen molar-refractivity contribution in [3.63, 3.8) is 0 Å². The first-order valence-corrected chi connectivity index (χ1v) is 15.2. The average molecular weight is 544 g/mol. The summed E-state index contributed by atoms with van der Waals surface area (Å²) in [7, 11) is -2.38. The second-order valence-electron chi connectivity index (χ2n) is 10.2. The van der Waals surface area contributed by atoms with E-state index in [0.29, 0.717) is 17.9 Å². The third-order valence-electron chi connectivity index (χ3n) is 7.06. The molecule has 1 aliphatic rings. The molecule has 2 aromatic carbocycles. The Kier molecular flexibility index (Phi) is 10.2. The van der Waals surface area contributed by atoms with Gasteiger partial charge < -0.3 is 15.0 Å². The number of hydrogen-bond donors (Lipinski definition) is 1. The van der Waals surface area contributed by atoms with Gasteiger partial charge in [0.2, 0.25) is 21.8 Å². The smallest absolute Gasteiger partial charge is 0.244 e. The van der Waals surface area contributed by atoms with E-state index in [2.05, 4.69) is 5.32 Å². The van der Waals surface area contributed by atoms with Gasteiger partial charge in [0.1, 0.15) is 18.3 Å². The summed E-state index contributed by atoms with van der Waals surface area (Å²) in [4.78, 5) is 29.0. The summed E-state index contributed by atoms with van der Waals surface area (Å²) in [5.74, 6) is -0.299. The molecule has 0 aliphatic heterocycles. The SMILES string of the molecule is CCC(C(=O)NC1CCCCC1)N(Cc1cccc(C)c1)C(=O)CN(c1cc(C)ccc1OC)S(C)(=O)=O. The van der Waals surface area contributed by atoms with Gasteiger partial charge in [0, 0.05) is 12.6 Å². The maximum absolute atomic E-state index is 13.9. The maximum atomic E-state index is 13.9. The van der Waals surface area contributed by atoms with Gasteiger partial charge in [0.25, 0.3) is 0 Å². The lowest BCUT2D eigenvalue weighted by molar-refractivity contribution is -0.140. The third kappa shape index (κ3) is 7.72. The number of anilines is 1. The number of nitrogens with one attached hydrogen (secondary N) is 1. The summed E-state index contributed by atoms with van der Waals surface area (Å²) in [6.07, 6.45) is 6.67. The minimum absolute atomic E-state index is 0.102. The number of rotatable bonds is 11. The number of sulfonamides is 1. The molecule has 0 saturated heterocycles. The van der Waals surface area contributed by atoms with Crippen molar-refractivity contribution >= 4 is 27.5 Å². The largest absolute Gasteiger partial charge is 0.495 e. The molecule has 1 fully saturated rings. The molecule has 2 aromatic rings. The molecular formula is C29H41N3O5S. The second-order valence-corrected chi connectivity index (χ2v) is 12.1. The molecule has 9 heteroatoms. The van der Waals surface area contributed by atoms with Crippen LogP contribution < -0.4 is 14.4 Å². The van der Waals surface area contributed by atoms with E-state index >= 15 is 0 Å². The number of aryl methyl sites for hydroxylation is 2. The molecule has 1 N–H and O–H groups in total. The lowest BCUT2D eigenvalue weighted by atomic mass is 9.95. The highest BCUT2D eigenvalue weighted by Crippen LogP contribution is 2.31. The summed E-state index contributed by atoms with van der Waals surface area (Å²) < 4.78 is 32.3. The van der Waals surface area contributed by atoms with Crippen molar-refractivity contribution in [3.8, 4) is 5.75 Å². The van der Waals surface area contributed by atoms with E-state index < -0.39 is 28.5 Å². The molecule has 1 unspecified atom stereocenters. The molecule has 8 nitrogen and oxygen atoms in total. The van der Waals surface area contributed by atoms with Crippen LogP contribution in [0.25, 0.3) is 0 Å². The highest BCUT2D eigenvalue weighted by atomic mass is 32.2.